The third-order valence-electron chi connectivity index (χ3n) is 4.72. The number of nitriles is 1. The fraction of sp³-hybridized carbons (Fsp3) is 0.333. The Labute approximate surface area is 152 Å². The summed E-state index contributed by atoms with van der Waals surface area (Å²) in [5, 5.41) is 29.6. The molecule has 1 fully saturated rings. The quantitative estimate of drug-likeness (QED) is 0.592. The van der Waals surface area contributed by atoms with E-state index in [2.05, 4.69) is 23.1 Å². The molecule has 1 heterocycles. The summed E-state index contributed by atoms with van der Waals surface area (Å²) in [5.74, 6) is -0.326. The summed E-state index contributed by atoms with van der Waals surface area (Å²) in [6.45, 7) is 1.82. The van der Waals surface area contributed by atoms with Crippen LogP contribution in [0.1, 0.15) is 24.8 Å². The van der Waals surface area contributed by atoms with E-state index in [1.165, 1.54) is 12.1 Å². The Bertz CT molecular complexity index is 878. The lowest BCUT2D eigenvalue weighted by atomic mass is 10.0. The molecule has 1 unspecified atom stereocenters. The van der Waals surface area contributed by atoms with Crippen molar-refractivity contribution in [2.24, 2.45) is 0 Å². The lowest BCUT2D eigenvalue weighted by Crippen LogP contribution is -2.36. The first-order chi connectivity index (χ1) is 12.6. The van der Waals surface area contributed by atoms with Gasteiger partial charge in [-0.15, -0.1) is 0 Å². The molecule has 0 spiro atoms. The molecule has 5 heteroatoms. The zero-order chi connectivity index (χ0) is 18.5. The summed E-state index contributed by atoms with van der Waals surface area (Å²) in [6.07, 6.45) is 2.07. The molecule has 1 atom stereocenters. The molecule has 1 aliphatic heterocycles. The molecule has 5 nitrogen and oxygen atoms in total. The SMILES string of the molecule is N#C/C(=C\c1ccc2cc(N3CCC3)ccc2c1)C(=O)CCC(O)CO. The number of fused-ring (bicyclic) bond motifs is 1. The second kappa shape index (κ2) is 8.13. The van der Waals surface area contributed by atoms with Crippen LogP contribution in [0.25, 0.3) is 16.8 Å². The van der Waals surface area contributed by atoms with Crippen LogP contribution < -0.4 is 4.90 Å². The predicted molar refractivity (Wildman–Crippen MR) is 102 cm³/mol. The fourth-order valence-electron chi connectivity index (χ4n) is 2.98. The maximum Gasteiger partial charge on any atom is 0.173 e. The van der Waals surface area contributed by atoms with Crippen LogP contribution in [0, 0.1) is 11.3 Å². The average molecular weight is 350 g/mol. The monoisotopic (exact) mass is 350 g/mol. The van der Waals surface area contributed by atoms with E-state index < -0.39 is 6.10 Å². The van der Waals surface area contributed by atoms with Gasteiger partial charge >= 0.3 is 0 Å². The largest absolute Gasteiger partial charge is 0.394 e. The number of hydrogen-bond donors (Lipinski definition) is 2. The van der Waals surface area contributed by atoms with Crippen LogP contribution >= 0.6 is 0 Å². The van der Waals surface area contributed by atoms with Gasteiger partial charge in [0.2, 0.25) is 0 Å². The van der Waals surface area contributed by atoms with Crippen LogP contribution in [0.3, 0.4) is 0 Å². The third kappa shape index (κ3) is 4.10. The molecule has 0 saturated carbocycles. The third-order valence-corrected chi connectivity index (χ3v) is 4.72. The number of benzene rings is 2. The number of aliphatic hydroxyl groups excluding tert-OH is 2. The highest BCUT2D eigenvalue weighted by Gasteiger charge is 2.15. The van der Waals surface area contributed by atoms with Gasteiger partial charge in [0.15, 0.2) is 5.78 Å². The lowest BCUT2D eigenvalue weighted by molar-refractivity contribution is -0.115. The number of aliphatic hydroxyl groups is 2. The lowest BCUT2D eigenvalue weighted by Gasteiger charge is -2.33. The average Bonchev–Trinajstić information content (AvgIpc) is 2.62. The van der Waals surface area contributed by atoms with Crippen molar-refractivity contribution in [2.75, 3.05) is 24.6 Å². The molecule has 0 radical (unpaired) electrons. The molecule has 0 amide bonds. The van der Waals surface area contributed by atoms with Crippen molar-refractivity contribution in [2.45, 2.75) is 25.4 Å². The Balaban J connectivity index is 1.78. The first-order valence-corrected chi connectivity index (χ1v) is 8.83. The van der Waals surface area contributed by atoms with E-state index in [1.54, 1.807) is 6.08 Å². The van der Waals surface area contributed by atoms with Crippen molar-refractivity contribution >= 4 is 28.3 Å². The normalized spacial score (nSPS) is 15.4. The van der Waals surface area contributed by atoms with Crippen molar-refractivity contribution < 1.29 is 15.0 Å². The van der Waals surface area contributed by atoms with Crippen molar-refractivity contribution in [3.05, 3.63) is 47.5 Å². The molecule has 1 aliphatic rings. The number of allylic oxidation sites excluding steroid dienone is 1. The van der Waals surface area contributed by atoms with Gasteiger partial charge in [0, 0.05) is 25.2 Å². The molecule has 26 heavy (non-hydrogen) atoms. The Morgan fingerprint density at radius 2 is 1.96 bits per heavy atom. The molecular weight excluding hydrogens is 328 g/mol. The summed E-state index contributed by atoms with van der Waals surface area (Å²) in [5.41, 5.74) is 2.08. The van der Waals surface area contributed by atoms with Crippen LogP contribution in [-0.4, -0.2) is 41.8 Å². The first kappa shape index (κ1) is 18.1. The van der Waals surface area contributed by atoms with Gasteiger partial charge in [-0.05, 0) is 53.5 Å². The van der Waals surface area contributed by atoms with Crippen LogP contribution in [0.15, 0.2) is 42.0 Å². The van der Waals surface area contributed by atoms with E-state index in [9.17, 15) is 15.2 Å². The van der Waals surface area contributed by atoms with Gasteiger partial charge < -0.3 is 15.1 Å². The number of rotatable bonds is 7. The minimum Gasteiger partial charge on any atom is -0.394 e. The summed E-state index contributed by atoms with van der Waals surface area (Å²) >= 11 is 0. The second-order valence-electron chi connectivity index (χ2n) is 6.60. The van der Waals surface area contributed by atoms with E-state index in [0.29, 0.717) is 0 Å². The van der Waals surface area contributed by atoms with Gasteiger partial charge in [0.25, 0.3) is 0 Å². The van der Waals surface area contributed by atoms with E-state index in [0.717, 1.165) is 29.4 Å². The minimum atomic E-state index is -0.930. The summed E-state index contributed by atoms with van der Waals surface area (Å²) < 4.78 is 0. The summed E-state index contributed by atoms with van der Waals surface area (Å²) in [7, 11) is 0. The number of anilines is 1. The number of nitrogens with zero attached hydrogens (tertiary/aromatic N) is 2. The maximum absolute atomic E-state index is 12.1. The highest BCUT2D eigenvalue weighted by atomic mass is 16.3. The van der Waals surface area contributed by atoms with Crippen molar-refractivity contribution in [3.63, 3.8) is 0 Å². The van der Waals surface area contributed by atoms with Gasteiger partial charge in [0.1, 0.15) is 6.07 Å². The predicted octanol–water partition coefficient (Wildman–Crippen LogP) is 2.66. The Hall–Kier alpha value is -2.68. The number of carbonyl (C=O) groups is 1. The molecule has 3 rings (SSSR count). The molecule has 134 valence electrons. The molecular formula is C21H22N2O3. The number of ketones is 1. The van der Waals surface area contributed by atoms with E-state index in [4.69, 9.17) is 5.11 Å². The van der Waals surface area contributed by atoms with Gasteiger partial charge in [-0.2, -0.15) is 5.26 Å². The van der Waals surface area contributed by atoms with Gasteiger partial charge in [-0.3, -0.25) is 4.79 Å². The molecule has 2 aromatic carbocycles. The Morgan fingerprint density at radius 3 is 2.62 bits per heavy atom. The standard InChI is InChI=1S/C21H22N2O3/c22-13-18(21(26)7-6-20(25)14-24)11-15-2-3-17-12-19(23-8-1-9-23)5-4-16(17)10-15/h2-5,10-12,20,24-25H,1,6-9,14H2/b18-11+. The highest BCUT2D eigenvalue weighted by molar-refractivity contribution is 6.03. The van der Waals surface area contributed by atoms with Gasteiger partial charge in [0.05, 0.1) is 18.3 Å². The summed E-state index contributed by atoms with van der Waals surface area (Å²) in [6, 6.07) is 14.1. The second-order valence-corrected chi connectivity index (χ2v) is 6.60. The first-order valence-electron chi connectivity index (χ1n) is 8.83. The van der Waals surface area contributed by atoms with E-state index >= 15 is 0 Å². The molecule has 2 aromatic rings. The fourth-order valence-corrected chi connectivity index (χ4v) is 2.98. The topological polar surface area (TPSA) is 84.6 Å². The van der Waals surface area contributed by atoms with Crippen LogP contribution in [-0.2, 0) is 4.79 Å². The van der Waals surface area contributed by atoms with E-state index in [-0.39, 0.29) is 30.8 Å². The van der Waals surface area contributed by atoms with Gasteiger partial charge in [-0.1, -0.05) is 18.2 Å². The Morgan fingerprint density at radius 1 is 1.23 bits per heavy atom. The van der Waals surface area contributed by atoms with Gasteiger partial charge in [-0.25, -0.2) is 0 Å². The highest BCUT2D eigenvalue weighted by Crippen LogP contribution is 2.26. The summed E-state index contributed by atoms with van der Waals surface area (Å²) in [4.78, 5) is 14.5. The van der Waals surface area contributed by atoms with Crippen LogP contribution in [0.4, 0.5) is 5.69 Å². The van der Waals surface area contributed by atoms with Crippen LogP contribution in [0.5, 0.6) is 0 Å². The smallest absolute Gasteiger partial charge is 0.173 e. The van der Waals surface area contributed by atoms with Crippen molar-refractivity contribution in [3.8, 4) is 6.07 Å². The Kier molecular flexibility index (Phi) is 5.67. The molecule has 0 bridgehead atoms. The van der Waals surface area contributed by atoms with E-state index in [1.807, 2.05) is 24.3 Å². The molecule has 0 aromatic heterocycles. The maximum atomic E-state index is 12.1. The number of carbonyl (C=O) groups excluding carboxylic acids is 1. The van der Waals surface area contributed by atoms with Crippen molar-refractivity contribution in [1.82, 2.24) is 0 Å². The zero-order valence-electron chi connectivity index (χ0n) is 14.6. The zero-order valence-corrected chi connectivity index (χ0v) is 14.6. The van der Waals surface area contributed by atoms with Crippen molar-refractivity contribution in [1.29, 1.82) is 5.26 Å². The molecule has 0 aliphatic carbocycles. The minimum absolute atomic E-state index is 0.0356. The molecule has 1 saturated heterocycles. The van der Waals surface area contributed by atoms with Crippen LogP contribution in [0.2, 0.25) is 0 Å². The molecule has 2 N–H and O–H groups in total. The number of Topliss-reactive ketones (excluding diaryl/α,β-unsaturated/α-hetero) is 1. The number of hydrogen-bond acceptors (Lipinski definition) is 5.